The molecule has 1 aliphatic heterocycles. The molecule has 1 heterocycles. The van der Waals surface area contributed by atoms with Gasteiger partial charge in [0, 0.05) is 13.1 Å². The summed E-state index contributed by atoms with van der Waals surface area (Å²) < 4.78 is 5.42. The van der Waals surface area contributed by atoms with Gasteiger partial charge >= 0.3 is 12.1 Å². The number of ketones is 1. The lowest BCUT2D eigenvalue weighted by Gasteiger charge is -2.39. The number of likely N-dealkylation sites (tertiary alicyclic amines) is 1. The van der Waals surface area contributed by atoms with Crippen molar-refractivity contribution in [1.82, 2.24) is 26.2 Å². The van der Waals surface area contributed by atoms with Gasteiger partial charge in [-0.1, -0.05) is 74.7 Å². The van der Waals surface area contributed by atoms with Crippen LogP contribution in [0.4, 0.5) is 9.59 Å². The van der Waals surface area contributed by atoms with Crippen LogP contribution in [0.3, 0.4) is 0 Å². The minimum atomic E-state index is -1.10. The summed E-state index contributed by atoms with van der Waals surface area (Å²) in [6.45, 7) is 16.2. The van der Waals surface area contributed by atoms with Crippen molar-refractivity contribution in [3.8, 4) is 0 Å². The third kappa shape index (κ3) is 8.76. The number of piperidine rings is 1. The molecule has 6 N–H and O–H groups in total. The van der Waals surface area contributed by atoms with Gasteiger partial charge in [-0.2, -0.15) is 0 Å². The Labute approximate surface area is 278 Å². The highest BCUT2D eigenvalue weighted by molar-refractivity contribution is 6.37. The number of hydrogen-bond acceptors (Lipinski definition) is 7. The van der Waals surface area contributed by atoms with E-state index >= 15 is 0 Å². The molecule has 3 unspecified atom stereocenters. The number of nitrogens with one attached hydrogen (secondary N) is 4. The van der Waals surface area contributed by atoms with E-state index in [0.29, 0.717) is 25.4 Å². The summed E-state index contributed by atoms with van der Waals surface area (Å²) in [5, 5.41) is 11.3. The number of urea groups is 1. The van der Waals surface area contributed by atoms with Crippen molar-refractivity contribution in [3.05, 3.63) is 0 Å². The van der Waals surface area contributed by atoms with Crippen molar-refractivity contribution < 1.29 is 33.5 Å². The number of alkyl carbamates (subject to hydrolysis) is 1. The maximum absolute atomic E-state index is 14.3. The lowest BCUT2D eigenvalue weighted by Crippen LogP contribution is -2.62. The maximum Gasteiger partial charge on any atom is 0.407 e. The summed E-state index contributed by atoms with van der Waals surface area (Å²) in [4.78, 5) is 80.0. The van der Waals surface area contributed by atoms with Gasteiger partial charge in [0.15, 0.2) is 0 Å². The van der Waals surface area contributed by atoms with Crippen LogP contribution in [0.2, 0.25) is 0 Å². The highest BCUT2D eigenvalue weighted by atomic mass is 16.5. The van der Waals surface area contributed by atoms with Gasteiger partial charge in [-0.3, -0.25) is 19.2 Å². The van der Waals surface area contributed by atoms with Crippen LogP contribution in [0.1, 0.15) is 93.9 Å². The van der Waals surface area contributed by atoms with Crippen LogP contribution < -0.4 is 27.0 Å². The largest absolute Gasteiger partial charge is 0.447 e. The average Bonchev–Trinajstić information content (AvgIpc) is 3.80. The van der Waals surface area contributed by atoms with Gasteiger partial charge < -0.3 is 36.6 Å². The first-order chi connectivity index (χ1) is 21.7. The van der Waals surface area contributed by atoms with Gasteiger partial charge in [0.1, 0.15) is 18.7 Å². The van der Waals surface area contributed by atoms with Crippen LogP contribution in [-0.4, -0.2) is 84.4 Å². The molecule has 6 atom stereocenters. The van der Waals surface area contributed by atoms with Crippen LogP contribution in [0.15, 0.2) is 0 Å². The summed E-state index contributed by atoms with van der Waals surface area (Å²) in [7, 11) is 0. The first-order valence-electron chi connectivity index (χ1n) is 17.1. The monoisotopic (exact) mass is 660 g/mol. The number of ether oxygens (including phenoxy) is 1. The Bertz CT molecular complexity index is 1250. The zero-order valence-electron chi connectivity index (χ0n) is 29.4. The molecule has 0 spiro atoms. The Hall–Kier alpha value is -3.38. The molecule has 6 amide bonds. The number of fused-ring (bicyclic) bond motifs is 1. The van der Waals surface area contributed by atoms with E-state index in [4.69, 9.17) is 10.5 Å². The lowest BCUT2D eigenvalue weighted by molar-refractivity contribution is -0.145. The molecule has 4 aliphatic rings. The SMILES string of the molecule is CC1(C)C2CN(C(=O)[C@@H](NC(=O)N[C@H](COC(=O)NCC3CC3)C(C)(C)C)C(C)(C)C)[C@H](C(=O)NC(CC3CCC3)C(=O)C(N)=O)C21. The normalized spacial score (nSPS) is 25.3. The minimum absolute atomic E-state index is 0.0551. The molecule has 0 radical (unpaired) electrons. The van der Waals surface area contributed by atoms with Crippen LogP contribution in [0, 0.1) is 39.9 Å². The summed E-state index contributed by atoms with van der Waals surface area (Å²) in [5.74, 6) is -2.17. The van der Waals surface area contributed by atoms with Gasteiger partial charge in [-0.05, 0) is 59.2 Å². The number of nitrogens with two attached hydrogens (primary N) is 1. The van der Waals surface area contributed by atoms with E-state index < -0.39 is 70.6 Å². The Morgan fingerprint density at radius 1 is 0.894 bits per heavy atom. The fourth-order valence-corrected chi connectivity index (χ4v) is 6.95. The molecule has 1 saturated heterocycles. The molecule has 13 nitrogen and oxygen atoms in total. The molecule has 3 saturated carbocycles. The molecule has 0 bridgehead atoms. The Kier molecular flexibility index (Phi) is 10.6. The predicted octanol–water partition coefficient (Wildman–Crippen LogP) is 2.46. The third-order valence-electron chi connectivity index (χ3n) is 10.8. The number of amides is 6. The summed E-state index contributed by atoms with van der Waals surface area (Å²) in [6.07, 6.45) is 4.85. The average molecular weight is 661 g/mol. The molecular formula is C34H56N6O7. The summed E-state index contributed by atoms with van der Waals surface area (Å²) in [6, 6.07) is -4.07. The van der Waals surface area contributed by atoms with E-state index in [1.54, 1.807) is 0 Å². The van der Waals surface area contributed by atoms with E-state index in [1.807, 2.05) is 41.5 Å². The van der Waals surface area contributed by atoms with Crippen molar-refractivity contribution in [1.29, 1.82) is 0 Å². The Morgan fingerprint density at radius 2 is 1.53 bits per heavy atom. The van der Waals surface area contributed by atoms with Gasteiger partial charge in [-0.15, -0.1) is 0 Å². The molecular weight excluding hydrogens is 604 g/mol. The number of rotatable bonds is 13. The van der Waals surface area contributed by atoms with E-state index in [1.165, 1.54) is 4.90 Å². The van der Waals surface area contributed by atoms with Crippen LogP contribution >= 0.6 is 0 Å². The smallest absolute Gasteiger partial charge is 0.407 e. The quantitative estimate of drug-likeness (QED) is 0.188. The van der Waals surface area contributed by atoms with E-state index in [9.17, 15) is 28.8 Å². The predicted molar refractivity (Wildman–Crippen MR) is 175 cm³/mol. The maximum atomic E-state index is 14.3. The van der Waals surface area contributed by atoms with Crippen LogP contribution in [-0.2, 0) is 23.9 Å². The summed E-state index contributed by atoms with van der Waals surface area (Å²) >= 11 is 0. The number of carbonyl (C=O) groups is 6. The van der Waals surface area contributed by atoms with Gasteiger partial charge in [0.25, 0.3) is 5.91 Å². The van der Waals surface area contributed by atoms with E-state index in [2.05, 4.69) is 35.1 Å². The Balaban J connectivity index is 1.46. The molecule has 264 valence electrons. The van der Waals surface area contributed by atoms with Gasteiger partial charge in [0.2, 0.25) is 17.6 Å². The van der Waals surface area contributed by atoms with Crippen LogP contribution in [0.25, 0.3) is 0 Å². The minimum Gasteiger partial charge on any atom is -0.447 e. The standard InChI is InChI=1S/C34H56N6O7/c1-32(2,3)22(17-47-31(46)36-15-19-12-13-19)38-30(45)39-26(33(4,5)6)29(44)40-16-20-23(34(20,7)8)24(40)28(43)37-21(25(41)27(35)42)14-18-10-9-11-18/h18-24,26H,9-17H2,1-8H3,(H2,35,42)(H,36,46)(H,37,43)(H2,38,39,45)/t20?,21?,22-,23?,24+,26-/m1/s1. The topological polar surface area (TPSA) is 189 Å². The van der Waals surface area contributed by atoms with Gasteiger partial charge in [-0.25, -0.2) is 9.59 Å². The summed E-state index contributed by atoms with van der Waals surface area (Å²) in [5.41, 5.74) is 3.93. The lowest BCUT2D eigenvalue weighted by atomic mass is 9.80. The molecule has 4 rings (SSSR count). The highest BCUT2D eigenvalue weighted by Gasteiger charge is 2.70. The molecule has 3 aliphatic carbocycles. The van der Waals surface area contributed by atoms with Gasteiger partial charge in [0.05, 0.1) is 12.1 Å². The molecule has 13 heteroatoms. The number of carbonyl (C=O) groups excluding carboxylic acids is 6. The van der Waals surface area contributed by atoms with Crippen molar-refractivity contribution in [3.63, 3.8) is 0 Å². The van der Waals surface area contributed by atoms with Crippen molar-refractivity contribution in [2.24, 2.45) is 45.7 Å². The number of Topliss-reactive ketones (excluding diaryl/α,β-unsaturated/α-hetero) is 1. The molecule has 47 heavy (non-hydrogen) atoms. The van der Waals surface area contributed by atoms with E-state index in [0.717, 1.165) is 32.1 Å². The fraction of sp³-hybridized carbons (Fsp3) is 0.824. The highest BCUT2D eigenvalue weighted by Crippen LogP contribution is 2.65. The Morgan fingerprint density at radius 3 is 2.04 bits per heavy atom. The zero-order chi connectivity index (χ0) is 35.1. The number of primary amides is 1. The number of nitrogens with zero attached hydrogens (tertiary/aromatic N) is 1. The van der Waals surface area contributed by atoms with Crippen molar-refractivity contribution in [2.75, 3.05) is 19.7 Å². The first-order valence-corrected chi connectivity index (χ1v) is 17.1. The number of hydrogen-bond donors (Lipinski definition) is 5. The van der Waals surface area contributed by atoms with Crippen molar-refractivity contribution >= 4 is 35.6 Å². The second-order valence-electron chi connectivity index (χ2n) is 17.0. The van der Waals surface area contributed by atoms with Crippen molar-refractivity contribution in [2.45, 2.75) is 118 Å². The molecule has 0 aromatic rings. The second-order valence-corrected chi connectivity index (χ2v) is 17.0. The molecule has 0 aromatic heterocycles. The molecule has 0 aromatic carbocycles. The second kappa shape index (κ2) is 13.6. The van der Waals surface area contributed by atoms with Crippen LogP contribution in [0.5, 0.6) is 0 Å². The zero-order valence-corrected chi connectivity index (χ0v) is 29.4. The van der Waals surface area contributed by atoms with E-state index in [-0.39, 0.29) is 29.8 Å². The third-order valence-corrected chi connectivity index (χ3v) is 10.8. The molecule has 4 fully saturated rings. The first kappa shape index (κ1) is 36.5. The fourth-order valence-electron chi connectivity index (χ4n) is 6.95.